The highest BCUT2D eigenvalue weighted by Crippen LogP contribution is 2.25. The van der Waals surface area contributed by atoms with Crippen molar-refractivity contribution in [3.63, 3.8) is 0 Å². The van der Waals surface area contributed by atoms with Gasteiger partial charge in [0.05, 0.1) is 11.7 Å². The first kappa shape index (κ1) is 22.9. The number of aromatic nitrogens is 3. The summed E-state index contributed by atoms with van der Waals surface area (Å²) in [7, 11) is 0. The predicted octanol–water partition coefficient (Wildman–Crippen LogP) is 6.11. The molecule has 0 aliphatic carbocycles. The molecular weight excluding hydrogens is 446 g/mol. The van der Waals surface area contributed by atoms with E-state index < -0.39 is 0 Å². The van der Waals surface area contributed by atoms with Gasteiger partial charge in [-0.3, -0.25) is 9.78 Å². The maximum atomic E-state index is 13.4. The summed E-state index contributed by atoms with van der Waals surface area (Å²) in [6, 6.07) is 30.9. The first-order chi connectivity index (χ1) is 17.7. The van der Waals surface area contributed by atoms with Crippen molar-refractivity contribution in [2.45, 2.75) is 13.0 Å². The number of anilines is 2. The van der Waals surface area contributed by atoms with Gasteiger partial charge in [-0.1, -0.05) is 66.7 Å². The van der Waals surface area contributed by atoms with E-state index in [1.165, 1.54) is 0 Å². The maximum Gasteiger partial charge on any atom is 0.252 e. The molecule has 5 aromatic rings. The summed E-state index contributed by atoms with van der Waals surface area (Å²) in [5.74, 6) is 0.282. The topological polar surface area (TPSA) is 79.8 Å². The number of pyridine rings is 1. The smallest absolute Gasteiger partial charge is 0.252 e. The minimum absolute atomic E-state index is 0.166. The van der Waals surface area contributed by atoms with E-state index in [0.29, 0.717) is 11.5 Å². The lowest BCUT2D eigenvalue weighted by molar-refractivity contribution is 0.0943. The van der Waals surface area contributed by atoms with Crippen LogP contribution in [0.3, 0.4) is 0 Å². The van der Waals surface area contributed by atoms with Gasteiger partial charge < -0.3 is 10.6 Å². The Labute approximate surface area is 210 Å². The Bertz CT molecular complexity index is 1420. The molecule has 2 N–H and O–H groups in total. The van der Waals surface area contributed by atoms with Crippen LogP contribution in [0.4, 0.5) is 11.6 Å². The first-order valence-electron chi connectivity index (χ1n) is 11.7. The third-order valence-electron chi connectivity index (χ3n) is 5.90. The molecule has 2 aromatic heterocycles. The third-order valence-corrected chi connectivity index (χ3v) is 5.90. The molecule has 0 fully saturated rings. The number of aryl methyl sites for hydroxylation is 1. The van der Waals surface area contributed by atoms with Gasteiger partial charge in [0, 0.05) is 35.4 Å². The van der Waals surface area contributed by atoms with Crippen LogP contribution >= 0.6 is 0 Å². The zero-order chi connectivity index (χ0) is 24.7. The Kier molecular flexibility index (Phi) is 6.76. The fourth-order valence-corrected chi connectivity index (χ4v) is 3.98. The van der Waals surface area contributed by atoms with Crippen molar-refractivity contribution in [2.75, 3.05) is 5.32 Å². The number of carbonyl (C=O) groups excluding carboxylic acids is 1. The molecule has 0 atom stereocenters. The second kappa shape index (κ2) is 10.6. The van der Waals surface area contributed by atoms with Gasteiger partial charge in [0.1, 0.15) is 0 Å². The minimum atomic E-state index is -0.267. The number of nitrogens with zero attached hydrogens (tertiary/aromatic N) is 3. The number of amides is 1. The fourth-order valence-electron chi connectivity index (χ4n) is 3.98. The van der Waals surface area contributed by atoms with E-state index in [4.69, 9.17) is 0 Å². The Hall–Kier alpha value is -4.84. The highest BCUT2D eigenvalue weighted by molar-refractivity contribution is 5.96. The van der Waals surface area contributed by atoms with E-state index >= 15 is 0 Å². The molecular formula is C30H25N5O. The summed E-state index contributed by atoms with van der Waals surface area (Å²) in [4.78, 5) is 26.5. The lowest BCUT2D eigenvalue weighted by Crippen LogP contribution is -2.29. The van der Waals surface area contributed by atoms with Crippen LogP contribution in [-0.2, 0) is 0 Å². The predicted molar refractivity (Wildman–Crippen MR) is 142 cm³/mol. The Morgan fingerprint density at radius 2 is 1.53 bits per heavy atom. The highest BCUT2D eigenvalue weighted by Gasteiger charge is 2.18. The molecule has 0 saturated heterocycles. The molecule has 6 nitrogen and oxygen atoms in total. The van der Waals surface area contributed by atoms with Crippen LogP contribution in [0.25, 0.3) is 11.3 Å². The zero-order valence-electron chi connectivity index (χ0n) is 19.8. The molecule has 0 aliphatic rings. The standard InChI is InChI=1S/C30H25N5O/c1-21-14-15-24(19-27(21)34-30-32-18-16-26(33-30)25-13-8-17-31-20-25)29(36)35-28(22-9-4-2-5-10-22)23-11-6-3-7-12-23/h2-20,28H,1H3,(H,35,36)(H,32,33,34). The van der Waals surface area contributed by atoms with E-state index in [1.807, 2.05) is 104 Å². The van der Waals surface area contributed by atoms with Gasteiger partial charge >= 0.3 is 0 Å². The molecule has 2 heterocycles. The molecule has 0 spiro atoms. The zero-order valence-corrected chi connectivity index (χ0v) is 19.8. The quantitative estimate of drug-likeness (QED) is 0.299. The van der Waals surface area contributed by atoms with Gasteiger partial charge in [-0.05, 0) is 53.9 Å². The average molecular weight is 472 g/mol. The van der Waals surface area contributed by atoms with E-state index in [9.17, 15) is 4.79 Å². The van der Waals surface area contributed by atoms with Crippen molar-refractivity contribution in [2.24, 2.45) is 0 Å². The van der Waals surface area contributed by atoms with Crippen LogP contribution in [0.1, 0.15) is 33.1 Å². The van der Waals surface area contributed by atoms with Crippen LogP contribution < -0.4 is 10.6 Å². The number of nitrogens with one attached hydrogen (secondary N) is 2. The van der Waals surface area contributed by atoms with Gasteiger partial charge in [-0.25, -0.2) is 9.97 Å². The summed E-state index contributed by atoms with van der Waals surface area (Å²) < 4.78 is 0. The Morgan fingerprint density at radius 3 is 2.19 bits per heavy atom. The van der Waals surface area contributed by atoms with Crippen molar-refractivity contribution in [3.8, 4) is 11.3 Å². The summed E-state index contributed by atoms with van der Waals surface area (Å²) in [5, 5.41) is 6.47. The van der Waals surface area contributed by atoms with Gasteiger partial charge in [0.25, 0.3) is 5.91 Å². The summed E-state index contributed by atoms with van der Waals surface area (Å²) >= 11 is 0. The molecule has 176 valence electrons. The first-order valence-corrected chi connectivity index (χ1v) is 11.7. The van der Waals surface area contributed by atoms with E-state index in [-0.39, 0.29) is 11.9 Å². The number of rotatable bonds is 7. The molecule has 0 radical (unpaired) electrons. The highest BCUT2D eigenvalue weighted by atomic mass is 16.1. The van der Waals surface area contributed by atoms with E-state index in [0.717, 1.165) is 33.6 Å². The molecule has 0 aliphatic heterocycles. The lowest BCUT2D eigenvalue weighted by atomic mass is 9.98. The second-order valence-corrected chi connectivity index (χ2v) is 8.39. The van der Waals surface area contributed by atoms with Crippen molar-refractivity contribution in [1.82, 2.24) is 20.3 Å². The molecule has 36 heavy (non-hydrogen) atoms. The molecule has 0 saturated carbocycles. The fraction of sp³-hybridized carbons (Fsp3) is 0.0667. The van der Waals surface area contributed by atoms with Crippen LogP contribution in [0.5, 0.6) is 0 Å². The van der Waals surface area contributed by atoms with E-state index in [2.05, 4.69) is 25.6 Å². The number of hydrogen-bond donors (Lipinski definition) is 2. The van der Waals surface area contributed by atoms with Crippen LogP contribution in [-0.4, -0.2) is 20.9 Å². The number of hydrogen-bond acceptors (Lipinski definition) is 5. The Balaban J connectivity index is 1.40. The second-order valence-electron chi connectivity index (χ2n) is 8.39. The monoisotopic (exact) mass is 471 g/mol. The van der Waals surface area contributed by atoms with Crippen LogP contribution in [0, 0.1) is 6.92 Å². The normalized spacial score (nSPS) is 10.7. The largest absolute Gasteiger partial charge is 0.341 e. The molecule has 6 heteroatoms. The molecule has 1 amide bonds. The molecule has 3 aromatic carbocycles. The lowest BCUT2D eigenvalue weighted by Gasteiger charge is -2.20. The third kappa shape index (κ3) is 5.28. The van der Waals surface area contributed by atoms with E-state index in [1.54, 1.807) is 18.6 Å². The van der Waals surface area contributed by atoms with Crippen molar-refractivity contribution in [3.05, 3.63) is 138 Å². The van der Waals surface area contributed by atoms with Crippen molar-refractivity contribution >= 4 is 17.5 Å². The Morgan fingerprint density at radius 1 is 0.806 bits per heavy atom. The molecule has 5 rings (SSSR count). The molecule has 0 unspecified atom stereocenters. The van der Waals surface area contributed by atoms with Gasteiger partial charge in [0.2, 0.25) is 5.95 Å². The van der Waals surface area contributed by atoms with Crippen LogP contribution in [0.2, 0.25) is 0 Å². The number of carbonyl (C=O) groups is 1. The minimum Gasteiger partial charge on any atom is -0.341 e. The SMILES string of the molecule is Cc1ccc(C(=O)NC(c2ccccc2)c2ccccc2)cc1Nc1nccc(-c2cccnc2)n1. The van der Waals surface area contributed by atoms with Crippen molar-refractivity contribution in [1.29, 1.82) is 0 Å². The summed E-state index contributed by atoms with van der Waals surface area (Å²) in [6.07, 6.45) is 5.19. The average Bonchev–Trinajstić information content (AvgIpc) is 2.94. The van der Waals surface area contributed by atoms with Gasteiger partial charge in [0.15, 0.2) is 0 Å². The maximum absolute atomic E-state index is 13.4. The summed E-state index contributed by atoms with van der Waals surface area (Å²) in [6.45, 7) is 1.98. The van der Waals surface area contributed by atoms with Crippen molar-refractivity contribution < 1.29 is 4.79 Å². The van der Waals surface area contributed by atoms with Gasteiger partial charge in [-0.15, -0.1) is 0 Å². The van der Waals surface area contributed by atoms with Gasteiger partial charge in [-0.2, -0.15) is 0 Å². The summed E-state index contributed by atoms with van der Waals surface area (Å²) in [5.41, 5.74) is 5.99. The number of benzene rings is 3. The molecule has 0 bridgehead atoms. The van der Waals surface area contributed by atoms with Crippen LogP contribution in [0.15, 0.2) is 116 Å².